The van der Waals surface area contributed by atoms with E-state index in [1.54, 1.807) is 0 Å². The molecule has 0 amide bonds. The molecule has 3 rings (SSSR count). The van der Waals surface area contributed by atoms with Gasteiger partial charge in [-0.15, -0.1) is 0 Å². The van der Waals surface area contributed by atoms with Gasteiger partial charge < -0.3 is 9.26 Å². The van der Waals surface area contributed by atoms with Gasteiger partial charge in [-0.1, -0.05) is 11.2 Å². The maximum Gasteiger partial charge on any atom is 0.223 e. The lowest BCUT2D eigenvalue weighted by molar-refractivity contribution is 0.142. The molecule has 0 bridgehead atoms. The van der Waals surface area contributed by atoms with Crippen LogP contribution in [0, 0.1) is 6.92 Å². The van der Waals surface area contributed by atoms with Crippen LogP contribution in [0.3, 0.4) is 0 Å². The minimum atomic E-state index is 0.564. The van der Waals surface area contributed by atoms with E-state index in [9.17, 15) is 0 Å². The largest absolute Gasteiger partial charge is 0.377 e. The van der Waals surface area contributed by atoms with Crippen molar-refractivity contribution in [2.45, 2.75) is 32.4 Å². The molecule has 1 atom stereocenters. The van der Waals surface area contributed by atoms with Crippen molar-refractivity contribution in [2.75, 3.05) is 39.9 Å². The molecule has 0 spiro atoms. The summed E-state index contributed by atoms with van der Waals surface area (Å²) in [5, 5.41) is 3.97. The Morgan fingerprint density at radius 1 is 1.48 bits per heavy atom. The maximum absolute atomic E-state index is 5.52. The predicted octanol–water partition coefficient (Wildman–Crippen LogP) is 1.23. The first-order chi connectivity index (χ1) is 10.2. The summed E-state index contributed by atoms with van der Waals surface area (Å²) in [5.41, 5.74) is 1.43. The Bertz CT molecular complexity index is 500. The van der Waals surface area contributed by atoms with Crippen LogP contribution in [0.15, 0.2) is 16.2 Å². The van der Waals surface area contributed by atoms with E-state index < -0.39 is 0 Å². The summed E-state index contributed by atoms with van der Waals surface area (Å²) >= 11 is 0. The zero-order valence-corrected chi connectivity index (χ0v) is 12.9. The quantitative estimate of drug-likeness (QED) is 0.761. The fraction of sp³-hybridized carbons (Fsp3) is 0.733. The van der Waals surface area contributed by atoms with Gasteiger partial charge in [0.2, 0.25) is 5.89 Å². The molecule has 1 unspecified atom stereocenters. The van der Waals surface area contributed by atoms with Crippen molar-refractivity contribution in [3.05, 3.63) is 23.4 Å². The Morgan fingerprint density at radius 2 is 2.38 bits per heavy atom. The van der Waals surface area contributed by atoms with Gasteiger partial charge in [-0.2, -0.15) is 4.98 Å². The van der Waals surface area contributed by atoms with Gasteiger partial charge >= 0.3 is 0 Å². The van der Waals surface area contributed by atoms with Crippen molar-refractivity contribution < 1.29 is 9.26 Å². The van der Waals surface area contributed by atoms with Gasteiger partial charge in [0.1, 0.15) is 0 Å². The molecule has 0 aromatic carbocycles. The van der Waals surface area contributed by atoms with Crippen LogP contribution >= 0.6 is 0 Å². The Balaban J connectivity index is 1.48. The highest BCUT2D eigenvalue weighted by molar-refractivity contribution is 5.08. The molecule has 0 aliphatic carbocycles. The van der Waals surface area contributed by atoms with E-state index in [1.165, 1.54) is 12.0 Å². The van der Waals surface area contributed by atoms with Crippen LogP contribution in [0.2, 0.25) is 0 Å². The van der Waals surface area contributed by atoms with Gasteiger partial charge in [0, 0.05) is 32.6 Å². The van der Waals surface area contributed by atoms with E-state index in [4.69, 9.17) is 9.26 Å². The number of likely N-dealkylation sites (tertiary alicyclic amines) is 1. The number of nitrogens with zero attached hydrogens (tertiary/aromatic N) is 4. The molecule has 6 nitrogen and oxygen atoms in total. The smallest absolute Gasteiger partial charge is 0.223 e. The van der Waals surface area contributed by atoms with E-state index in [0.29, 0.717) is 11.9 Å². The first-order valence-electron chi connectivity index (χ1n) is 7.68. The van der Waals surface area contributed by atoms with E-state index in [1.807, 2.05) is 6.92 Å². The zero-order chi connectivity index (χ0) is 14.7. The van der Waals surface area contributed by atoms with Gasteiger partial charge in [0.25, 0.3) is 0 Å². The summed E-state index contributed by atoms with van der Waals surface area (Å²) in [5.74, 6) is 1.41. The van der Waals surface area contributed by atoms with Crippen molar-refractivity contribution in [1.82, 2.24) is 19.9 Å². The zero-order valence-electron chi connectivity index (χ0n) is 12.9. The highest BCUT2D eigenvalue weighted by Gasteiger charge is 2.27. The average Bonchev–Trinajstić information content (AvgIpc) is 3.09. The van der Waals surface area contributed by atoms with E-state index in [0.717, 1.165) is 51.6 Å². The molecule has 1 aromatic heterocycles. The summed E-state index contributed by atoms with van der Waals surface area (Å²) in [7, 11) is 2.14. The molecular formula is C15H24N4O2. The lowest BCUT2D eigenvalue weighted by atomic mass is 10.2. The van der Waals surface area contributed by atoms with Crippen molar-refractivity contribution in [3.8, 4) is 0 Å². The Hall–Kier alpha value is -1.24. The summed E-state index contributed by atoms with van der Waals surface area (Å²) in [6.45, 7) is 7.56. The molecule has 1 aromatic rings. The molecule has 1 saturated heterocycles. The summed E-state index contributed by atoms with van der Waals surface area (Å²) in [6.07, 6.45) is 4.59. The minimum absolute atomic E-state index is 0.564. The number of hydrogen-bond donors (Lipinski definition) is 0. The summed E-state index contributed by atoms with van der Waals surface area (Å²) in [4.78, 5) is 9.12. The highest BCUT2D eigenvalue weighted by atomic mass is 16.5. The van der Waals surface area contributed by atoms with Gasteiger partial charge in [0.15, 0.2) is 5.82 Å². The third-order valence-corrected chi connectivity index (χ3v) is 4.24. The first-order valence-corrected chi connectivity index (χ1v) is 7.68. The third-order valence-electron chi connectivity index (χ3n) is 4.24. The van der Waals surface area contributed by atoms with Crippen LogP contribution in [-0.2, 0) is 11.3 Å². The monoisotopic (exact) mass is 292 g/mol. The van der Waals surface area contributed by atoms with Gasteiger partial charge in [-0.05, 0) is 25.5 Å². The summed E-state index contributed by atoms with van der Waals surface area (Å²) in [6, 6.07) is 0.564. The number of aromatic nitrogens is 2. The standard InChI is InChI=1S/C15H24N4O2/c1-12-16-15(17-21-12)10-18(2)14-5-6-19(9-14)8-13-4-3-7-20-11-13/h4,14H,3,5-11H2,1-2H3. The molecular weight excluding hydrogens is 268 g/mol. The SMILES string of the molecule is Cc1nc(CN(C)C2CCN(CC3=CCCOC3)C2)no1. The van der Waals surface area contributed by atoms with E-state index in [2.05, 4.69) is 33.1 Å². The van der Waals surface area contributed by atoms with Crippen molar-refractivity contribution in [1.29, 1.82) is 0 Å². The predicted molar refractivity (Wildman–Crippen MR) is 78.9 cm³/mol. The van der Waals surface area contributed by atoms with Crippen molar-refractivity contribution in [3.63, 3.8) is 0 Å². The second-order valence-corrected chi connectivity index (χ2v) is 6.03. The fourth-order valence-electron chi connectivity index (χ4n) is 3.08. The van der Waals surface area contributed by atoms with Crippen molar-refractivity contribution in [2.24, 2.45) is 0 Å². The lowest BCUT2D eigenvalue weighted by Crippen LogP contribution is -2.35. The minimum Gasteiger partial charge on any atom is -0.377 e. The molecule has 3 heterocycles. The topological polar surface area (TPSA) is 54.6 Å². The number of aryl methyl sites for hydroxylation is 1. The van der Waals surface area contributed by atoms with Crippen LogP contribution < -0.4 is 0 Å². The van der Waals surface area contributed by atoms with Gasteiger partial charge in [-0.25, -0.2) is 0 Å². The number of ether oxygens (including phenoxy) is 1. The molecule has 0 radical (unpaired) electrons. The molecule has 6 heteroatoms. The second-order valence-electron chi connectivity index (χ2n) is 6.03. The molecule has 2 aliphatic heterocycles. The Kier molecular flexibility index (Phi) is 4.67. The van der Waals surface area contributed by atoms with Crippen LogP contribution in [0.1, 0.15) is 24.6 Å². The second kappa shape index (κ2) is 6.68. The van der Waals surface area contributed by atoms with Crippen molar-refractivity contribution >= 4 is 0 Å². The van der Waals surface area contributed by atoms with Gasteiger partial charge in [-0.3, -0.25) is 9.80 Å². The average molecular weight is 292 g/mol. The van der Waals surface area contributed by atoms with Crippen LogP contribution in [0.4, 0.5) is 0 Å². The molecule has 2 aliphatic rings. The highest BCUT2D eigenvalue weighted by Crippen LogP contribution is 2.18. The fourth-order valence-corrected chi connectivity index (χ4v) is 3.08. The van der Waals surface area contributed by atoms with E-state index in [-0.39, 0.29) is 0 Å². The molecule has 1 fully saturated rings. The van der Waals surface area contributed by atoms with Gasteiger partial charge in [0.05, 0.1) is 19.8 Å². The Labute approximate surface area is 125 Å². The maximum atomic E-state index is 5.52. The van der Waals surface area contributed by atoms with Crippen LogP contribution in [0.5, 0.6) is 0 Å². The summed E-state index contributed by atoms with van der Waals surface area (Å²) < 4.78 is 10.5. The number of rotatable bonds is 5. The molecule has 21 heavy (non-hydrogen) atoms. The van der Waals surface area contributed by atoms with Crippen LogP contribution in [-0.4, -0.2) is 65.9 Å². The molecule has 0 N–H and O–H groups in total. The lowest BCUT2D eigenvalue weighted by Gasteiger charge is -2.24. The first kappa shape index (κ1) is 14.7. The normalized spacial score (nSPS) is 23.8. The Morgan fingerprint density at radius 3 is 3.10 bits per heavy atom. The van der Waals surface area contributed by atoms with E-state index >= 15 is 0 Å². The molecule has 116 valence electrons. The van der Waals surface area contributed by atoms with Crippen LogP contribution in [0.25, 0.3) is 0 Å². The number of hydrogen-bond acceptors (Lipinski definition) is 6. The third kappa shape index (κ3) is 3.90. The molecule has 0 saturated carbocycles. The number of likely N-dealkylation sites (N-methyl/N-ethyl adjacent to an activating group) is 1.